The van der Waals surface area contributed by atoms with E-state index in [2.05, 4.69) is 19.6 Å². The van der Waals surface area contributed by atoms with Crippen molar-refractivity contribution < 1.29 is 8.91 Å². The molecule has 0 bridgehead atoms. The predicted octanol–water partition coefficient (Wildman–Crippen LogP) is 2.46. The molecule has 0 unspecified atom stereocenters. The van der Waals surface area contributed by atoms with Crippen LogP contribution in [0.25, 0.3) is 11.0 Å². The van der Waals surface area contributed by atoms with E-state index in [9.17, 15) is 4.39 Å². The number of hydrogen-bond donors (Lipinski definition) is 1. The molecule has 0 aliphatic heterocycles. The van der Waals surface area contributed by atoms with Crippen molar-refractivity contribution in [2.75, 3.05) is 0 Å². The number of hydrogen-bond acceptors (Lipinski definition) is 4. The van der Waals surface area contributed by atoms with Gasteiger partial charge in [-0.3, -0.25) is 0 Å². The van der Waals surface area contributed by atoms with E-state index in [1.54, 1.807) is 6.07 Å². The normalized spacial score (nSPS) is 11.2. The fourth-order valence-electron chi connectivity index (χ4n) is 1.88. The lowest BCUT2D eigenvalue weighted by molar-refractivity contribution is 0.408. The largest absolute Gasteiger partial charge is 0.343 e. The molecule has 0 amide bonds. The first-order valence-corrected chi connectivity index (χ1v) is 5.79. The molecule has 5 nitrogen and oxygen atoms in total. The molecule has 0 atom stereocenters. The van der Waals surface area contributed by atoms with E-state index in [0.717, 1.165) is 5.52 Å². The zero-order chi connectivity index (χ0) is 12.5. The standard InChI is InChI=1S/C11H9FN4OS/c12-7-2-1-3-8-10(7)14-11(18)16(8)5-4-9-13-6-17-15-9/h1-3,6H,4-5H2,(H,14,18). The van der Waals surface area contributed by atoms with Gasteiger partial charge in [0.05, 0.1) is 5.52 Å². The van der Waals surface area contributed by atoms with Gasteiger partial charge in [0.1, 0.15) is 11.3 Å². The Balaban J connectivity index is 1.99. The zero-order valence-corrected chi connectivity index (χ0v) is 10.1. The van der Waals surface area contributed by atoms with Crippen LogP contribution in [0, 0.1) is 10.6 Å². The Kier molecular flexibility index (Phi) is 2.67. The molecular formula is C11H9FN4OS. The summed E-state index contributed by atoms with van der Waals surface area (Å²) in [7, 11) is 0. The van der Waals surface area contributed by atoms with Crippen molar-refractivity contribution in [2.45, 2.75) is 13.0 Å². The average Bonchev–Trinajstić information content (AvgIpc) is 2.95. The van der Waals surface area contributed by atoms with Gasteiger partial charge in [-0.1, -0.05) is 11.2 Å². The molecule has 3 aromatic rings. The van der Waals surface area contributed by atoms with Crippen LogP contribution in [0.3, 0.4) is 0 Å². The Bertz CT molecular complexity index is 731. The molecule has 0 radical (unpaired) electrons. The van der Waals surface area contributed by atoms with Crippen LogP contribution >= 0.6 is 12.2 Å². The lowest BCUT2D eigenvalue weighted by atomic mass is 10.3. The number of halogens is 1. The maximum atomic E-state index is 13.6. The minimum atomic E-state index is -0.308. The van der Waals surface area contributed by atoms with Crippen LogP contribution in [0.1, 0.15) is 5.82 Å². The molecule has 1 N–H and O–H groups in total. The van der Waals surface area contributed by atoms with E-state index in [1.165, 1.54) is 12.5 Å². The predicted molar refractivity (Wildman–Crippen MR) is 65.1 cm³/mol. The third-order valence-corrected chi connectivity index (χ3v) is 3.05. The summed E-state index contributed by atoms with van der Waals surface area (Å²) in [6.07, 6.45) is 1.86. The van der Waals surface area contributed by atoms with Crippen molar-refractivity contribution >= 4 is 23.3 Å². The molecule has 0 aliphatic rings. The Labute approximate surface area is 106 Å². The van der Waals surface area contributed by atoms with Crippen molar-refractivity contribution in [1.29, 1.82) is 0 Å². The van der Waals surface area contributed by atoms with Crippen molar-refractivity contribution in [3.8, 4) is 0 Å². The van der Waals surface area contributed by atoms with E-state index >= 15 is 0 Å². The fraction of sp³-hybridized carbons (Fsp3) is 0.182. The van der Waals surface area contributed by atoms with Gasteiger partial charge in [-0.2, -0.15) is 4.98 Å². The molecule has 2 aromatic heterocycles. The number of benzene rings is 1. The summed E-state index contributed by atoms with van der Waals surface area (Å²) in [6, 6.07) is 4.88. The Morgan fingerprint density at radius 2 is 2.33 bits per heavy atom. The highest BCUT2D eigenvalue weighted by Gasteiger charge is 2.08. The molecule has 7 heteroatoms. The van der Waals surface area contributed by atoms with Crippen LogP contribution in [0.15, 0.2) is 29.1 Å². The number of fused-ring (bicyclic) bond motifs is 1. The number of imidazole rings is 1. The van der Waals surface area contributed by atoms with E-state index in [-0.39, 0.29) is 5.82 Å². The summed E-state index contributed by atoms with van der Waals surface area (Å²) in [5.41, 5.74) is 1.17. The van der Waals surface area contributed by atoms with Crippen molar-refractivity contribution in [3.05, 3.63) is 41.0 Å². The van der Waals surface area contributed by atoms with Gasteiger partial charge in [0, 0.05) is 13.0 Å². The number of H-pyrrole nitrogens is 1. The van der Waals surface area contributed by atoms with E-state index in [0.29, 0.717) is 29.1 Å². The maximum absolute atomic E-state index is 13.6. The maximum Gasteiger partial charge on any atom is 0.213 e. The number of aromatic amines is 1. The number of rotatable bonds is 3. The van der Waals surface area contributed by atoms with E-state index < -0.39 is 0 Å². The third kappa shape index (κ3) is 1.82. The van der Waals surface area contributed by atoms with Gasteiger partial charge in [0.15, 0.2) is 10.6 Å². The van der Waals surface area contributed by atoms with Gasteiger partial charge < -0.3 is 14.1 Å². The highest BCUT2D eigenvalue weighted by Crippen LogP contribution is 2.17. The lowest BCUT2D eigenvalue weighted by Gasteiger charge is -2.01. The average molecular weight is 264 g/mol. The molecule has 0 saturated carbocycles. The lowest BCUT2D eigenvalue weighted by Crippen LogP contribution is -2.02. The minimum Gasteiger partial charge on any atom is -0.343 e. The molecular weight excluding hydrogens is 255 g/mol. The quantitative estimate of drug-likeness (QED) is 0.738. The molecule has 0 aliphatic carbocycles. The van der Waals surface area contributed by atoms with Crippen molar-refractivity contribution in [1.82, 2.24) is 19.7 Å². The zero-order valence-electron chi connectivity index (χ0n) is 9.26. The molecule has 1 aromatic carbocycles. The molecule has 0 fully saturated rings. The Hall–Kier alpha value is -2.02. The second-order valence-corrected chi connectivity index (χ2v) is 4.20. The van der Waals surface area contributed by atoms with Crippen molar-refractivity contribution in [3.63, 3.8) is 0 Å². The summed E-state index contributed by atoms with van der Waals surface area (Å²) in [5, 5.41) is 3.73. The number of aryl methyl sites for hydroxylation is 2. The molecule has 0 spiro atoms. The summed E-state index contributed by atoms with van der Waals surface area (Å²) in [5.74, 6) is 0.291. The minimum absolute atomic E-state index is 0.308. The van der Waals surface area contributed by atoms with Crippen LogP contribution in [0.4, 0.5) is 4.39 Å². The second kappa shape index (κ2) is 4.34. The first kappa shape index (κ1) is 11.1. The molecule has 2 heterocycles. The summed E-state index contributed by atoms with van der Waals surface area (Å²) < 4.78 is 20.5. The summed E-state index contributed by atoms with van der Waals surface area (Å²) >= 11 is 5.18. The molecule has 92 valence electrons. The fourth-order valence-corrected chi connectivity index (χ4v) is 2.17. The summed E-state index contributed by atoms with van der Waals surface area (Å²) in [4.78, 5) is 6.80. The second-order valence-electron chi connectivity index (χ2n) is 3.81. The SMILES string of the molecule is Fc1cccc2c1[nH]c(=S)n2CCc1ncon1. The monoisotopic (exact) mass is 264 g/mol. The molecule has 18 heavy (non-hydrogen) atoms. The van der Waals surface area contributed by atoms with Crippen LogP contribution in [0.5, 0.6) is 0 Å². The van der Waals surface area contributed by atoms with Gasteiger partial charge in [0.25, 0.3) is 0 Å². The van der Waals surface area contributed by atoms with E-state index in [1.807, 2.05) is 10.6 Å². The molecule has 0 saturated heterocycles. The number of aromatic nitrogens is 4. The van der Waals surface area contributed by atoms with Crippen LogP contribution < -0.4 is 0 Å². The summed E-state index contributed by atoms with van der Waals surface area (Å²) in [6.45, 7) is 0.571. The number of nitrogens with one attached hydrogen (secondary N) is 1. The van der Waals surface area contributed by atoms with E-state index in [4.69, 9.17) is 12.2 Å². The van der Waals surface area contributed by atoms with Gasteiger partial charge >= 0.3 is 0 Å². The highest BCUT2D eigenvalue weighted by atomic mass is 32.1. The first-order valence-electron chi connectivity index (χ1n) is 5.38. The molecule has 3 rings (SSSR count). The van der Waals surface area contributed by atoms with Gasteiger partial charge in [-0.25, -0.2) is 4.39 Å². The van der Waals surface area contributed by atoms with Gasteiger partial charge in [0.2, 0.25) is 6.39 Å². The van der Waals surface area contributed by atoms with Crippen LogP contribution in [0.2, 0.25) is 0 Å². The first-order chi connectivity index (χ1) is 8.75. The Morgan fingerprint density at radius 1 is 1.44 bits per heavy atom. The van der Waals surface area contributed by atoms with Crippen LogP contribution in [-0.4, -0.2) is 19.7 Å². The van der Waals surface area contributed by atoms with Gasteiger partial charge in [-0.05, 0) is 24.4 Å². The smallest absolute Gasteiger partial charge is 0.213 e. The number of para-hydroxylation sites is 1. The topological polar surface area (TPSA) is 59.6 Å². The van der Waals surface area contributed by atoms with Crippen molar-refractivity contribution in [2.24, 2.45) is 0 Å². The van der Waals surface area contributed by atoms with Crippen LogP contribution in [-0.2, 0) is 13.0 Å². The Morgan fingerprint density at radius 3 is 3.11 bits per heavy atom. The highest BCUT2D eigenvalue weighted by molar-refractivity contribution is 7.71. The van der Waals surface area contributed by atoms with Gasteiger partial charge in [-0.15, -0.1) is 0 Å². The third-order valence-electron chi connectivity index (χ3n) is 2.73. The number of nitrogens with zero attached hydrogens (tertiary/aromatic N) is 3.